The van der Waals surface area contributed by atoms with Gasteiger partial charge in [0, 0.05) is 31.3 Å². The van der Waals surface area contributed by atoms with Gasteiger partial charge in [0.15, 0.2) is 5.75 Å². The summed E-state index contributed by atoms with van der Waals surface area (Å²) in [5.41, 5.74) is 2.86. The molecule has 1 atom stereocenters. The number of hydrogen-bond acceptors (Lipinski definition) is 6. The highest BCUT2D eigenvalue weighted by atomic mass is 19.1. The van der Waals surface area contributed by atoms with E-state index in [1.807, 2.05) is 36.0 Å². The van der Waals surface area contributed by atoms with Gasteiger partial charge in [-0.05, 0) is 37.5 Å². The van der Waals surface area contributed by atoms with Crippen LogP contribution in [0.1, 0.15) is 32.7 Å². The molecule has 1 aliphatic carbocycles. The van der Waals surface area contributed by atoms with E-state index in [9.17, 15) is 14.0 Å². The molecule has 10 heteroatoms. The number of fused-ring (bicyclic) bond motifs is 1. The molecule has 5 rings (SSSR count). The van der Waals surface area contributed by atoms with Crippen molar-refractivity contribution in [2.75, 3.05) is 23.5 Å². The summed E-state index contributed by atoms with van der Waals surface area (Å²) in [5.74, 6) is -0.926. The van der Waals surface area contributed by atoms with E-state index in [0.717, 1.165) is 36.2 Å². The van der Waals surface area contributed by atoms with E-state index in [1.54, 1.807) is 11.1 Å². The number of hydrogen-bond donors (Lipinski definition) is 0. The topological polar surface area (TPSA) is 89.8 Å². The minimum Gasteiger partial charge on any atom is -0.478 e. The molecule has 0 N–H and O–H groups in total. The van der Waals surface area contributed by atoms with Crippen LogP contribution in [0, 0.1) is 5.82 Å². The second-order valence-electron chi connectivity index (χ2n) is 8.52. The number of ether oxygens (including phenoxy) is 2. The monoisotopic (exact) mass is 465 g/mol. The van der Waals surface area contributed by atoms with Gasteiger partial charge >= 0.3 is 6.09 Å². The zero-order valence-corrected chi connectivity index (χ0v) is 19.1. The molecule has 0 saturated heterocycles. The molecule has 0 spiro atoms. The van der Waals surface area contributed by atoms with E-state index in [0.29, 0.717) is 17.4 Å². The minimum atomic E-state index is -0.729. The first kappa shape index (κ1) is 21.9. The van der Waals surface area contributed by atoms with Gasteiger partial charge in [-0.2, -0.15) is 5.10 Å². The summed E-state index contributed by atoms with van der Waals surface area (Å²) < 4.78 is 26.3. The van der Waals surface area contributed by atoms with Gasteiger partial charge in [-0.15, -0.1) is 0 Å². The van der Waals surface area contributed by atoms with Crippen molar-refractivity contribution in [3.05, 3.63) is 48.7 Å². The van der Waals surface area contributed by atoms with E-state index >= 15 is 0 Å². The Kier molecular flexibility index (Phi) is 5.43. The van der Waals surface area contributed by atoms with Crippen LogP contribution >= 0.6 is 0 Å². The molecule has 3 aromatic rings. The van der Waals surface area contributed by atoms with Crippen LogP contribution < -0.4 is 19.3 Å². The molecule has 2 aromatic heterocycles. The standard InChI is InChI=1S/C24H24FN5O4/c1-14-12-28(24(32)34-22-9-18(25)11-26-23(22)33-3)21-8-16(4-7-20(21)30(14)15(2)31)17-10-27-29(13-17)19-5-6-19/h4,7-11,13-14,19H,5-6,12H2,1-3H3/t14-/m0/s1. The van der Waals surface area contributed by atoms with Crippen molar-refractivity contribution in [2.45, 2.75) is 38.8 Å². The van der Waals surface area contributed by atoms with Gasteiger partial charge in [-0.1, -0.05) is 6.07 Å². The number of amides is 2. The molecule has 1 fully saturated rings. The van der Waals surface area contributed by atoms with Crippen LogP contribution in [0.15, 0.2) is 42.9 Å². The fourth-order valence-corrected chi connectivity index (χ4v) is 4.27. The van der Waals surface area contributed by atoms with Crippen LogP contribution in [0.25, 0.3) is 11.1 Å². The highest BCUT2D eigenvalue weighted by Gasteiger charge is 2.35. The van der Waals surface area contributed by atoms with Crippen LogP contribution in [0.4, 0.5) is 20.6 Å². The molecule has 2 aliphatic rings. The van der Waals surface area contributed by atoms with Crippen molar-refractivity contribution >= 4 is 23.4 Å². The van der Waals surface area contributed by atoms with E-state index in [4.69, 9.17) is 9.47 Å². The third-order valence-corrected chi connectivity index (χ3v) is 6.00. The maximum Gasteiger partial charge on any atom is 0.420 e. The number of carbonyl (C=O) groups is 2. The summed E-state index contributed by atoms with van der Waals surface area (Å²) in [6, 6.07) is 6.76. The third-order valence-electron chi connectivity index (χ3n) is 6.00. The van der Waals surface area contributed by atoms with Gasteiger partial charge in [-0.3, -0.25) is 14.4 Å². The Labute approximate surface area is 195 Å². The third kappa shape index (κ3) is 3.95. The highest BCUT2D eigenvalue weighted by Crippen LogP contribution is 2.40. The van der Waals surface area contributed by atoms with Gasteiger partial charge in [0.25, 0.3) is 5.88 Å². The van der Waals surface area contributed by atoms with Gasteiger partial charge < -0.3 is 14.4 Å². The fourth-order valence-electron chi connectivity index (χ4n) is 4.27. The lowest BCUT2D eigenvalue weighted by atomic mass is 10.0. The first-order chi connectivity index (χ1) is 16.4. The van der Waals surface area contributed by atoms with E-state index in [-0.39, 0.29) is 30.1 Å². The lowest BCUT2D eigenvalue weighted by molar-refractivity contribution is -0.117. The van der Waals surface area contributed by atoms with Crippen LogP contribution in [0.2, 0.25) is 0 Å². The molecule has 0 radical (unpaired) electrons. The molecule has 0 unspecified atom stereocenters. The SMILES string of the molecule is COc1ncc(F)cc1OC(=O)N1C[C@H](C)N(C(C)=O)c2ccc(-c3cnn(C4CC4)c3)cc21. The number of pyridine rings is 1. The molecule has 2 amide bonds. The molecule has 1 aromatic carbocycles. The van der Waals surface area contributed by atoms with Crippen LogP contribution in [-0.2, 0) is 4.79 Å². The molecule has 3 heterocycles. The Balaban J connectivity index is 1.53. The average Bonchev–Trinajstić information content (AvgIpc) is 3.54. The molecule has 9 nitrogen and oxygen atoms in total. The van der Waals surface area contributed by atoms with Crippen LogP contribution in [0.3, 0.4) is 0 Å². The van der Waals surface area contributed by atoms with Crippen molar-refractivity contribution < 1.29 is 23.5 Å². The highest BCUT2D eigenvalue weighted by molar-refractivity contribution is 6.03. The Morgan fingerprint density at radius 3 is 2.62 bits per heavy atom. The number of carbonyl (C=O) groups excluding carboxylic acids is 2. The summed E-state index contributed by atoms with van der Waals surface area (Å²) in [6.07, 6.45) is 6.27. The van der Waals surface area contributed by atoms with E-state index in [2.05, 4.69) is 10.1 Å². The second-order valence-corrected chi connectivity index (χ2v) is 8.52. The zero-order valence-electron chi connectivity index (χ0n) is 19.1. The Hall–Kier alpha value is -3.95. The van der Waals surface area contributed by atoms with Crippen molar-refractivity contribution in [3.8, 4) is 22.8 Å². The number of rotatable bonds is 4. The first-order valence-corrected chi connectivity index (χ1v) is 11.0. The predicted molar refractivity (Wildman–Crippen MR) is 123 cm³/mol. The van der Waals surface area contributed by atoms with Gasteiger partial charge in [-0.25, -0.2) is 14.2 Å². The van der Waals surface area contributed by atoms with Crippen LogP contribution in [0.5, 0.6) is 11.6 Å². The predicted octanol–water partition coefficient (Wildman–Crippen LogP) is 4.19. The number of halogens is 1. The van der Waals surface area contributed by atoms with Crippen molar-refractivity contribution in [3.63, 3.8) is 0 Å². The lowest BCUT2D eigenvalue weighted by Gasteiger charge is -2.40. The smallest absolute Gasteiger partial charge is 0.420 e. The summed E-state index contributed by atoms with van der Waals surface area (Å²) in [6.45, 7) is 3.54. The van der Waals surface area contributed by atoms with Crippen molar-refractivity contribution in [1.82, 2.24) is 14.8 Å². The molecule has 176 valence electrons. The maximum atomic E-state index is 13.7. The normalized spacial score (nSPS) is 17.4. The fraction of sp³-hybridized carbons (Fsp3) is 0.333. The Morgan fingerprint density at radius 1 is 1.12 bits per heavy atom. The van der Waals surface area contributed by atoms with Gasteiger partial charge in [0.2, 0.25) is 5.91 Å². The number of anilines is 2. The van der Waals surface area contributed by atoms with Crippen LogP contribution in [-0.4, -0.2) is 46.5 Å². The molecule has 0 bridgehead atoms. The Morgan fingerprint density at radius 2 is 1.91 bits per heavy atom. The van der Waals surface area contributed by atoms with Crippen molar-refractivity contribution in [2.24, 2.45) is 0 Å². The number of benzene rings is 1. The number of nitrogens with zero attached hydrogens (tertiary/aromatic N) is 5. The first-order valence-electron chi connectivity index (χ1n) is 11.0. The van der Waals surface area contributed by atoms with E-state index in [1.165, 1.54) is 18.9 Å². The number of aromatic nitrogens is 3. The maximum absolute atomic E-state index is 13.7. The summed E-state index contributed by atoms with van der Waals surface area (Å²) in [5, 5.41) is 4.45. The molecule has 1 aliphatic heterocycles. The van der Waals surface area contributed by atoms with E-state index < -0.39 is 11.9 Å². The molecular weight excluding hydrogens is 441 g/mol. The lowest BCUT2D eigenvalue weighted by Crippen LogP contribution is -2.52. The summed E-state index contributed by atoms with van der Waals surface area (Å²) >= 11 is 0. The molecular formula is C24H24FN5O4. The molecule has 1 saturated carbocycles. The van der Waals surface area contributed by atoms with Gasteiger partial charge in [0.1, 0.15) is 5.82 Å². The average molecular weight is 465 g/mol. The number of methoxy groups -OCH3 is 1. The van der Waals surface area contributed by atoms with Gasteiger partial charge in [0.05, 0.1) is 43.0 Å². The zero-order chi connectivity index (χ0) is 24.0. The molecule has 34 heavy (non-hydrogen) atoms. The quantitative estimate of drug-likeness (QED) is 0.574. The summed E-state index contributed by atoms with van der Waals surface area (Å²) in [7, 11) is 1.36. The minimum absolute atomic E-state index is 0.00775. The largest absolute Gasteiger partial charge is 0.478 e. The summed E-state index contributed by atoms with van der Waals surface area (Å²) in [4.78, 5) is 32.6. The Bertz CT molecular complexity index is 1270. The second kappa shape index (κ2) is 8.44. The van der Waals surface area contributed by atoms with Crippen molar-refractivity contribution in [1.29, 1.82) is 0 Å².